The summed E-state index contributed by atoms with van der Waals surface area (Å²) in [4.78, 5) is 8.71. The van der Waals surface area contributed by atoms with E-state index < -0.39 is 0 Å². The van der Waals surface area contributed by atoms with Gasteiger partial charge in [-0.1, -0.05) is 35.5 Å². The molecule has 1 N–H and O–H groups in total. The molecule has 1 unspecified atom stereocenters. The Bertz CT molecular complexity index is 754. The van der Waals surface area contributed by atoms with Gasteiger partial charge in [-0.05, 0) is 29.7 Å². The molecule has 3 aromatic rings. The summed E-state index contributed by atoms with van der Waals surface area (Å²) in [6.07, 6.45) is 2.58. The summed E-state index contributed by atoms with van der Waals surface area (Å²) in [6, 6.07) is 14.1. The van der Waals surface area contributed by atoms with Crippen LogP contribution in [-0.4, -0.2) is 15.1 Å². The van der Waals surface area contributed by atoms with Gasteiger partial charge in [0, 0.05) is 12.7 Å². The molecule has 0 bridgehead atoms. The number of pyridine rings is 1. The monoisotopic (exact) mass is 278 g/mol. The molecule has 1 aromatic carbocycles. The number of fused-ring (bicyclic) bond motifs is 1. The average molecular weight is 278 g/mol. The van der Waals surface area contributed by atoms with Gasteiger partial charge in [-0.2, -0.15) is 4.98 Å². The number of hydrogen-bond acceptors (Lipinski definition) is 5. The number of nitrogens with zero attached hydrogens (tertiary/aromatic N) is 3. The van der Waals surface area contributed by atoms with Crippen molar-refractivity contribution in [1.29, 1.82) is 0 Å². The van der Waals surface area contributed by atoms with Crippen LogP contribution in [0.5, 0.6) is 0 Å². The van der Waals surface area contributed by atoms with Gasteiger partial charge in [0.05, 0.1) is 6.04 Å². The lowest BCUT2D eigenvalue weighted by Crippen LogP contribution is -2.28. The molecule has 0 radical (unpaired) electrons. The van der Waals surface area contributed by atoms with E-state index in [1.54, 1.807) is 6.20 Å². The van der Waals surface area contributed by atoms with Crippen LogP contribution < -0.4 is 5.32 Å². The quantitative estimate of drug-likeness (QED) is 0.780. The molecule has 1 aliphatic heterocycles. The van der Waals surface area contributed by atoms with E-state index in [1.165, 1.54) is 11.1 Å². The number of aromatic nitrogens is 3. The SMILES string of the molecule is c1ccc(-c2noc(C3Cc4ccccc4CN3)n2)nc1. The largest absolute Gasteiger partial charge is 0.337 e. The van der Waals surface area contributed by atoms with Gasteiger partial charge in [-0.25, -0.2) is 0 Å². The summed E-state index contributed by atoms with van der Waals surface area (Å²) in [7, 11) is 0. The van der Waals surface area contributed by atoms with Gasteiger partial charge in [-0.3, -0.25) is 4.98 Å². The first kappa shape index (κ1) is 12.2. The van der Waals surface area contributed by atoms with E-state index in [1.807, 2.05) is 18.2 Å². The third-order valence-corrected chi connectivity index (χ3v) is 3.72. The zero-order valence-corrected chi connectivity index (χ0v) is 11.4. The molecule has 5 nitrogen and oxygen atoms in total. The lowest BCUT2D eigenvalue weighted by Gasteiger charge is -2.23. The van der Waals surface area contributed by atoms with Crippen molar-refractivity contribution in [3.8, 4) is 11.5 Å². The average Bonchev–Trinajstić information content (AvgIpc) is 3.05. The summed E-state index contributed by atoms with van der Waals surface area (Å²) in [6.45, 7) is 0.822. The van der Waals surface area contributed by atoms with Crippen LogP contribution in [0, 0.1) is 0 Å². The molecule has 1 aliphatic rings. The molecule has 0 fully saturated rings. The summed E-state index contributed by atoms with van der Waals surface area (Å²) in [5.41, 5.74) is 3.39. The van der Waals surface area contributed by atoms with E-state index in [-0.39, 0.29) is 6.04 Å². The van der Waals surface area contributed by atoms with E-state index in [4.69, 9.17) is 4.52 Å². The third-order valence-electron chi connectivity index (χ3n) is 3.72. The summed E-state index contributed by atoms with van der Waals surface area (Å²) in [5.74, 6) is 1.15. The van der Waals surface area contributed by atoms with E-state index in [0.717, 1.165) is 18.7 Å². The van der Waals surface area contributed by atoms with Crippen LogP contribution in [0.4, 0.5) is 0 Å². The second-order valence-electron chi connectivity index (χ2n) is 5.08. The first-order chi connectivity index (χ1) is 10.4. The zero-order valence-electron chi connectivity index (χ0n) is 11.4. The Morgan fingerprint density at radius 3 is 2.76 bits per heavy atom. The van der Waals surface area contributed by atoms with Crippen LogP contribution in [0.15, 0.2) is 53.2 Å². The molecule has 0 amide bonds. The van der Waals surface area contributed by atoms with Crippen LogP contribution in [0.2, 0.25) is 0 Å². The number of rotatable bonds is 2. The molecular weight excluding hydrogens is 264 g/mol. The van der Waals surface area contributed by atoms with E-state index >= 15 is 0 Å². The van der Waals surface area contributed by atoms with Gasteiger partial charge in [0.2, 0.25) is 11.7 Å². The molecule has 0 aliphatic carbocycles. The molecule has 5 heteroatoms. The molecule has 2 aromatic heterocycles. The van der Waals surface area contributed by atoms with Crippen molar-refractivity contribution in [3.63, 3.8) is 0 Å². The fraction of sp³-hybridized carbons (Fsp3) is 0.188. The maximum atomic E-state index is 5.41. The summed E-state index contributed by atoms with van der Waals surface area (Å²) >= 11 is 0. The van der Waals surface area contributed by atoms with Gasteiger partial charge in [0.25, 0.3) is 0 Å². The second-order valence-corrected chi connectivity index (χ2v) is 5.08. The fourth-order valence-electron chi connectivity index (χ4n) is 2.60. The Kier molecular flexibility index (Phi) is 2.97. The highest BCUT2D eigenvalue weighted by Crippen LogP contribution is 2.25. The highest BCUT2D eigenvalue weighted by Gasteiger charge is 2.24. The minimum Gasteiger partial charge on any atom is -0.337 e. The topological polar surface area (TPSA) is 63.8 Å². The van der Waals surface area contributed by atoms with Crippen molar-refractivity contribution >= 4 is 0 Å². The summed E-state index contributed by atoms with van der Waals surface area (Å²) in [5, 5.41) is 7.47. The number of hydrogen-bond donors (Lipinski definition) is 1. The predicted molar refractivity (Wildman–Crippen MR) is 77.3 cm³/mol. The fourth-order valence-corrected chi connectivity index (χ4v) is 2.60. The predicted octanol–water partition coefficient (Wildman–Crippen LogP) is 2.52. The first-order valence-electron chi connectivity index (χ1n) is 6.95. The van der Waals surface area contributed by atoms with Crippen molar-refractivity contribution in [2.45, 2.75) is 19.0 Å². The lowest BCUT2D eigenvalue weighted by molar-refractivity contribution is 0.321. The molecule has 3 heterocycles. The zero-order chi connectivity index (χ0) is 14.1. The van der Waals surface area contributed by atoms with E-state index in [9.17, 15) is 0 Å². The van der Waals surface area contributed by atoms with Gasteiger partial charge in [0.15, 0.2) is 0 Å². The standard InChI is InChI=1S/C16H14N4O/c1-2-6-12-10-18-14(9-11(12)5-1)16-19-15(20-21-16)13-7-3-4-8-17-13/h1-8,14,18H,9-10H2. The molecule has 4 rings (SSSR count). The number of nitrogens with one attached hydrogen (secondary N) is 1. The first-order valence-corrected chi connectivity index (χ1v) is 6.95. The summed E-state index contributed by atoms with van der Waals surface area (Å²) < 4.78 is 5.41. The van der Waals surface area contributed by atoms with Gasteiger partial charge in [0.1, 0.15) is 5.69 Å². The molecule has 0 saturated heterocycles. The van der Waals surface area contributed by atoms with Crippen LogP contribution in [0.25, 0.3) is 11.5 Å². The highest BCUT2D eigenvalue weighted by molar-refractivity contribution is 5.47. The minimum absolute atomic E-state index is 0.0601. The Hall–Kier alpha value is -2.53. The van der Waals surface area contributed by atoms with Crippen LogP contribution >= 0.6 is 0 Å². The Morgan fingerprint density at radius 2 is 1.90 bits per heavy atom. The van der Waals surface area contributed by atoms with Gasteiger partial charge < -0.3 is 9.84 Å². The normalized spacial score (nSPS) is 17.4. The van der Waals surface area contributed by atoms with Gasteiger partial charge >= 0.3 is 0 Å². The van der Waals surface area contributed by atoms with Crippen LogP contribution in [-0.2, 0) is 13.0 Å². The Balaban J connectivity index is 1.60. The van der Waals surface area contributed by atoms with Crippen molar-refractivity contribution in [2.24, 2.45) is 0 Å². The molecule has 1 atom stereocenters. The molecule has 0 saturated carbocycles. The maximum Gasteiger partial charge on any atom is 0.244 e. The van der Waals surface area contributed by atoms with E-state index in [0.29, 0.717) is 11.7 Å². The van der Waals surface area contributed by atoms with Crippen molar-refractivity contribution in [2.75, 3.05) is 0 Å². The third kappa shape index (κ3) is 2.32. The second kappa shape index (κ2) is 5.10. The minimum atomic E-state index is 0.0601. The molecule has 0 spiro atoms. The van der Waals surface area contributed by atoms with Crippen molar-refractivity contribution in [3.05, 3.63) is 65.7 Å². The highest BCUT2D eigenvalue weighted by atomic mass is 16.5. The van der Waals surface area contributed by atoms with Crippen LogP contribution in [0.3, 0.4) is 0 Å². The molecule has 21 heavy (non-hydrogen) atoms. The number of benzene rings is 1. The van der Waals surface area contributed by atoms with Gasteiger partial charge in [-0.15, -0.1) is 0 Å². The van der Waals surface area contributed by atoms with Crippen LogP contribution in [0.1, 0.15) is 23.1 Å². The Morgan fingerprint density at radius 1 is 1.05 bits per heavy atom. The molecular formula is C16H14N4O. The van der Waals surface area contributed by atoms with E-state index in [2.05, 4.69) is 44.7 Å². The molecule has 104 valence electrons. The van der Waals surface area contributed by atoms with Crippen molar-refractivity contribution < 1.29 is 4.52 Å². The Labute approximate surface area is 122 Å². The maximum absolute atomic E-state index is 5.41. The lowest BCUT2D eigenvalue weighted by atomic mass is 9.96. The smallest absolute Gasteiger partial charge is 0.244 e. The van der Waals surface area contributed by atoms with Crippen molar-refractivity contribution in [1.82, 2.24) is 20.4 Å².